The van der Waals surface area contributed by atoms with E-state index in [1.165, 1.54) is 16.8 Å². The highest BCUT2D eigenvalue weighted by atomic mass is 16.1. The van der Waals surface area contributed by atoms with Crippen LogP contribution in [0.3, 0.4) is 0 Å². The maximum absolute atomic E-state index is 12.3. The predicted molar refractivity (Wildman–Crippen MR) is 84.9 cm³/mol. The van der Waals surface area contributed by atoms with Gasteiger partial charge in [0.25, 0.3) is 5.56 Å². The van der Waals surface area contributed by atoms with Gasteiger partial charge in [-0.1, -0.05) is 12.2 Å². The molecule has 0 amide bonds. The summed E-state index contributed by atoms with van der Waals surface area (Å²) >= 11 is 0. The normalized spacial score (nSPS) is 22.4. The first kappa shape index (κ1) is 12.4. The van der Waals surface area contributed by atoms with Crippen LogP contribution in [0.1, 0.15) is 37.1 Å². The second kappa shape index (κ2) is 4.20. The van der Waals surface area contributed by atoms with E-state index in [2.05, 4.69) is 27.4 Å². The summed E-state index contributed by atoms with van der Waals surface area (Å²) in [6, 6.07) is 0. The molecular weight excluding hydrogens is 276 g/mol. The van der Waals surface area contributed by atoms with Crippen LogP contribution in [0.2, 0.25) is 0 Å². The van der Waals surface area contributed by atoms with E-state index < -0.39 is 0 Å². The Balaban J connectivity index is 1.93. The number of nitrogens with zero attached hydrogens (tertiary/aromatic N) is 2. The van der Waals surface area contributed by atoms with Gasteiger partial charge in [0.15, 0.2) is 0 Å². The number of allylic oxidation sites excluding steroid dienone is 4. The van der Waals surface area contributed by atoms with Gasteiger partial charge in [0, 0.05) is 17.8 Å². The van der Waals surface area contributed by atoms with Crippen LogP contribution in [-0.2, 0) is 5.41 Å². The number of piperidine rings is 1. The predicted octanol–water partition coefficient (Wildman–Crippen LogP) is 1.76. The minimum absolute atomic E-state index is 0.0238. The molecule has 2 aromatic heterocycles. The molecule has 112 valence electrons. The van der Waals surface area contributed by atoms with Crippen molar-refractivity contribution < 1.29 is 0 Å². The Morgan fingerprint density at radius 3 is 2.86 bits per heavy atom. The first-order chi connectivity index (χ1) is 10.8. The number of aromatic nitrogens is 3. The molecule has 2 N–H and O–H groups in total. The number of imidazole rings is 1. The SMILES string of the molecule is O=c1[nH]c2c(n3ccnc13)C1(CCNCC1)C1=CCCC=C12. The second-order valence-corrected chi connectivity index (χ2v) is 6.44. The summed E-state index contributed by atoms with van der Waals surface area (Å²) in [4.78, 5) is 19.7. The van der Waals surface area contributed by atoms with E-state index in [0.29, 0.717) is 5.65 Å². The zero-order valence-electron chi connectivity index (χ0n) is 12.4. The number of fused-ring (bicyclic) bond motifs is 7. The van der Waals surface area contributed by atoms with Crippen LogP contribution in [0.25, 0.3) is 11.2 Å². The van der Waals surface area contributed by atoms with Gasteiger partial charge in [-0.2, -0.15) is 0 Å². The Morgan fingerprint density at radius 1 is 1.18 bits per heavy atom. The topological polar surface area (TPSA) is 62.2 Å². The molecule has 1 saturated heterocycles. The highest BCUT2D eigenvalue weighted by Crippen LogP contribution is 2.54. The molecule has 0 atom stereocenters. The van der Waals surface area contributed by atoms with Crippen molar-refractivity contribution in [2.24, 2.45) is 0 Å². The number of H-pyrrole nitrogens is 1. The lowest BCUT2D eigenvalue weighted by atomic mass is 9.72. The van der Waals surface area contributed by atoms with Crippen molar-refractivity contribution in [1.82, 2.24) is 19.7 Å². The zero-order chi connectivity index (χ0) is 14.7. The lowest BCUT2D eigenvalue weighted by molar-refractivity contribution is 0.357. The lowest BCUT2D eigenvalue weighted by Gasteiger charge is -2.37. The van der Waals surface area contributed by atoms with Crippen molar-refractivity contribution in [2.45, 2.75) is 31.1 Å². The average Bonchev–Trinajstić information content (AvgIpc) is 3.13. The maximum atomic E-state index is 12.3. The number of rotatable bonds is 0. The lowest BCUT2D eigenvalue weighted by Crippen LogP contribution is -2.41. The van der Waals surface area contributed by atoms with Crippen LogP contribution in [-0.4, -0.2) is 27.5 Å². The summed E-state index contributed by atoms with van der Waals surface area (Å²) in [7, 11) is 0. The second-order valence-electron chi connectivity index (χ2n) is 6.44. The molecule has 0 saturated carbocycles. The van der Waals surface area contributed by atoms with Crippen molar-refractivity contribution in [2.75, 3.05) is 13.1 Å². The van der Waals surface area contributed by atoms with Crippen molar-refractivity contribution in [3.8, 4) is 0 Å². The quantitative estimate of drug-likeness (QED) is 0.778. The first-order valence-corrected chi connectivity index (χ1v) is 8.03. The summed E-state index contributed by atoms with van der Waals surface area (Å²) < 4.78 is 2.03. The van der Waals surface area contributed by atoms with E-state index in [1.54, 1.807) is 6.20 Å². The van der Waals surface area contributed by atoms with E-state index in [4.69, 9.17) is 0 Å². The Bertz CT molecular complexity index is 893. The molecule has 0 bridgehead atoms. The Hall–Kier alpha value is -2.14. The third-order valence-electron chi connectivity index (χ3n) is 5.41. The Labute approximate surface area is 127 Å². The van der Waals surface area contributed by atoms with E-state index in [9.17, 15) is 4.79 Å². The standard InChI is InChI=1S/C17H18N4O/c22-16-15-19-9-10-21(15)14-13(20-16)11-3-1-2-4-12(11)17(14)5-7-18-8-6-17/h3-4,9-10,18H,1-2,5-8H2,(H,20,22). The molecule has 0 radical (unpaired) electrons. The number of hydrogen-bond acceptors (Lipinski definition) is 3. The molecule has 3 heterocycles. The van der Waals surface area contributed by atoms with Crippen LogP contribution in [0, 0.1) is 0 Å². The largest absolute Gasteiger partial charge is 0.317 e. The molecule has 0 aromatic carbocycles. The monoisotopic (exact) mass is 294 g/mol. The van der Waals surface area contributed by atoms with Crippen molar-refractivity contribution in [3.63, 3.8) is 0 Å². The van der Waals surface area contributed by atoms with Gasteiger partial charge in [-0.25, -0.2) is 4.98 Å². The summed E-state index contributed by atoms with van der Waals surface area (Å²) in [5.74, 6) is 0. The summed E-state index contributed by atoms with van der Waals surface area (Å²) in [6.07, 6.45) is 12.6. The molecule has 5 nitrogen and oxygen atoms in total. The van der Waals surface area contributed by atoms with Crippen LogP contribution < -0.4 is 10.9 Å². The van der Waals surface area contributed by atoms with Crippen molar-refractivity contribution in [1.29, 1.82) is 0 Å². The van der Waals surface area contributed by atoms with E-state index >= 15 is 0 Å². The van der Waals surface area contributed by atoms with Crippen molar-refractivity contribution in [3.05, 3.63) is 51.9 Å². The molecular formula is C17H18N4O. The minimum atomic E-state index is -0.0967. The smallest absolute Gasteiger partial charge is 0.292 e. The molecule has 5 rings (SSSR count). The minimum Gasteiger partial charge on any atom is -0.317 e. The van der Waals surface area contributed by atoms with Crippen LogP contribution in [0.5, 0.6) is 0 Å². The van der Waals surface area contributed by atoms with Gasteiger partial charge in [0.2, 0.25) is 5.65 Å². The van der Waals surface area contributed by atoms with E-state index in [-0.39, 0.29) is 11.0 Å². The number of aromatic amines is 1. The Morgan fingerprint density at radius 2 is 2.00 bits per heavy atom. The third-order valence-corrected chi connectivity index (χ3v) is 5.41. The van der Waals surface area contributed by atoms with Crippen LogP contribution in [0.15, 0.2) is 34.9 Å². The van der Waals surface area contributed by atoms with Crippen LogP contribution in [0.4, 0.5) is 0 Å². The summed E-state index contributed by atoms with van der Waals surface area (Å²) in [5, 5.41) is 3.47. The van der Waals surface area contributed by atoms with Gasteiger partial charge >= 0.3 is 0 Å². The van der Waals surface area contributed by atoms with Gasteiger partial charge in [0.05, 0.1) is 11.4 Å². The fourth-order valence-corrected chi connectivity index (χ4v) is 4.52. The average molecular weight is 294 g/mol. The molecule has 5 heteroatoms. The molecule has 2 aromatic rings. The van der Waals surface area contributed by atoms with Gasteiger partial charge in [-0.05, 0) is 49.9 Å². The van der Waals surface area contributed by atoms with Crippen LogP contribution >= 0.6 is 0 Å². The van der Waals surface area contributed by atoms with Crippen molar-refractivity contribution >= 4 is 11.2 Å². The molecule has 22 heavy (non-hydrogen) atoms. The maximum Gasteiger partial charge on any atom is 0.292 e. The van der Waals surface area contributed by atoms with Gasteiger partial charge in [-0.15, -0.1) is 0 Å². The van der Waals surface area contributed by atoms with Gasteiger partial charge in [0.1, 0.15) is 0 Å². The third kappa shape index (κ3) is 1.37. The highest BCUT2D eigenvalue weighted by molar-refractivity contribution is 5.88. The first-order valence-electron chi connectivity index (χ1n) is 8.03. The summed E-state index contributed by atoms with van der Waals surface area (Å²) in [6.45, 7) is 2.03. The van der Waals surface area contributed by atoms with E-state index in [1.807, 2.05) is 10.6 Å². The molecule has 2 aliphatic carbocycles. The molecule has 1 aliphatic heterocycles. The van der Waals surface area contributed by atoms with Gasteiger partial charge in [-0.3, -0.25) is 9.20 Å². The fraction of sp³-hybridized carbons (Fsp3) is 0.412. The fourth-order valence-electron chi connectivity index (χ4n) is 4.52. The molecule has 1 fully saturated rings. The number of nitrogens with one attached hydrogen (secondary N) is 2. The number of hydrogen-bond donors (Lipinski definition) is 2. The zero-order valence-corrected chi connectivity index (χ0v) is 12.4. The highest BCUT2D eigenvalue weighted by Gasteiger charge is 2.48. The molecule has 0 unspecified atom stereocenters. The van der Waals surface area contributed by atoms with Gasteiger partial charge < -0.3 is 10.3 Å². The summed E-state index contributed by atoms with van der Waals surface area (Å²) in [5.41, 5.74) is 5.36. The Kier molecular flexibility index (Phi) is 2.37. The molecule has 3 aliphatic rings. The van der Waals surface area contributed by atoms with E-state index in [0.717, 1.165) is 44.5 Å². The molecule has 1 spiro atoms.